The molecule has 0 atom stereocenters. The van der Waals surface area contributed by atoms with E-state index in [1.165, 1.54) is 5.34 Å². The van der Waals surface area contributed by atoms with Crippen LogP contribution in [0.3, 0.4) is 0 Å². The van der Waals surface area contributed by atoms with E-state index in [4.69, 9.17) is 10.1 Å². The predicted molar refractivity (Wildman–Crippen MR) is 23.4 cm³/mol. The number of rotatable bonds is 0. The van der Waals surface area contributed by atoms with E-state index in [9.17, 15) is 0 Å². The molecule has 0 saturated carbocycles. The van der Waals surface area contributed by atoms with Crippen molar-refractivity contribution in [1.82, 2.24) is 0 Å². The van der Waals surface area contributed by atoms with Crippen LogP contribution in [0.4, 0.5) is 0 Å². The second-order valence-corrected chi connectivity index (χ2v) is 0.0816. The number of hydrogen-bond acceptors (Lipinski definition) is 2. The zero-order valence-corrected chi connectivity index (χ0v) is 5.45. The largest absolute Gasteiger partial charge is 3.00 e. The minimum atomic E-state index is 0. The molecule has 0 fully saturated rings. The summed E-state index contributed by atoms with van der Waals surface area (Å²) >= 11 is 0. The molecule has 0 spiro atoms. The molecular formula is H7MoN4O2. The summed E-state index contributed by atoms with van der Waals surface area (Å²) in [6, 6.07) is 0. The maximum Gasteiger partial charge on any atom is 3.00 e. The van der Waals surface area contributed by atoms with Gasteiger partial charge in [0.05, 0.1) is 0 Å². The predicted octanol–water partition coefficient (Wildman–Crippen LogP) is 2.29. The molecule has 45 valence electrons. The van der Waals surface area contributed by atoms with E-state index in [-0.39, 0.29) is 39.5 Å². The van der Waals surface area contributed by atoms with Crippen LogP contribution in [0, 0.1) is 4.91 Å². The van der Waals surface area contributed by atoms with Gasteiger partial charge in [-0.2, -0.15) is 0 Å². The van der Waals surface area contributed by atoms with Crippen LogP contribution < -0.4 is 0 Å². The van der Waals surface area contributed by atoms with Crippen molar-refractivity contribution in [2.24, 2.45) is 5.34 Å². The van der Waals surface area contributed by atoms with Crippen molar-refractivity contribution in [2.45, 2.75) is 0 Å². The topological polar surface area (TPSA) is 150 Å². The van der Waals surface area contributed by atoms with Crippen molar-refractivity contribution in [2.75, 3.05) is 0 Å². The molecule has 0 aliphatic carbocycles. The van der Waals surface area contributed by atoms with Crippen molar-refractivity contribution in [3.05, 3.63) is 23.4 Å². The maximum atomic E-state index is 8.11. The van der Waals surface area contributed by atoms with Gasteiger partial charge in [0.2, 0.25) is 0 Å². The fourth-order valence-electron chi connectivity index (χ4n) is 0. The van der Waals surface area contributed by atoms with E-state index in [1.807, 2.05) is 0 Å². The van der Waals surface area contributed by atoms with Crippen molar-refractivity contribution in [1.29, 1.82) is 0 Å². The summed E-state index contributed by atoms with van der Waals surface area (Å²) in [4.78, 5) is 8.11. The molecule has 0 heterocycles. The second kappa shape index (κ2) is 157. The number of hydrogen-bond donors (Lipinski definition) is 1. The summed E-state index contributed by atoms with van der Waals surface area (Å²) < 4.78 is 0. The van der Waals surface area contributed by atoms with E-state index in [2.05, 4.69) is 0 Å². The molecule has 0 bridgehead atoms. The summed E-state index contributed by atoms with van der Waals surface area (Å²) in [7, 11) is 0. The van der Waals surface area contributed by atoms with Gasteiger partial charge >= 0.3 is 21.1 Å². The summed E-state index contributed by atoms with van der Waals surface area (Å²) in [6.07, 6.45) is 0. The molecule has 0 unspecified atom stereocenters. The molecule has 0 amide bonds. The van der Waals surface area contributed by atoms with Crippen LogP contribution in [-0.4, -0.2) is 5.21 Å². The minimum Gasteiger partial charge on any atom is -0.693 e. The van der Waals surface area contributed by atoms with Crippen molar-refractivity contribution in [3.8, 4) is 0 Å². The summed E-state index contributed by atoms with van der Waals surface area (Å²) in [5.74, 6) is 0. The third-order valence-electron chi connectivity index (χ3n) is 0. The van der Waals surface area contributed by atoms with Gasteiger partial charge in [0.1, 0.15) is 0 Å². The molecule has 0 aromatic heterocycles. The maximum absolute atomic E-state index is 8.11. The van der Waals surface area contributed by atoms with Gasteiger partial charge in [-0.3, -0.25) is 0 Å². The Labute approximate surface area is 55.6 Å². The molecule has 0 aliphatic heterocycles. The van der Waals surface area contributed by atoms with Gasteiger partial charge in [0.25, 0.3) is 0 Å². The second-order valence-electron chi connectivity index (χ2n) is 0.0816. The van der Waals surface area contributed by atoms with E-state index in [1.54, 1.807) is 0 Å². The minimum absolute atomic E-state index is 0. The Bertz CT molecular complexity index is 17.2. The van der Waals surface area contributed by atoms with Crippen molar-refractivity contribution >= 4 is 0 Å². The first kappa shape index (κ1) is 64.1. The van der Waals surface area contributed by atoms with Gasteiger partial charge in [0.15, 0.2) is 5.34 Å². The Morgan fingerprint density at radius 3 is 1.14 bits per heavy atom. The van der Waals surface area contributed by atoms with Gasteiger partial charge < -0.3 is 23.7 Å². The van der Waals surface area contributed by atoms with Crippen LogP contribution in [-0.2, 0) is 21.1 Å². The third kappa shape index (κ3) is 93600. The van der Waals surface area contributed by atoms with E-state index >= 15 is 0 Å². The Kier molecular flexibility index (Phi) is 1440. The van der Waals surface area contributed by atoms with Crippen LogP contribution in [0.5, 0.6) is 0 Å². The van der Waals surface area contributed by atoms with Gasteiger partial charge in [-0.15, -0.1) is 4.91 Å². The number of nitrogens with zero attached hydrogens (tertiary/aromatic N) is 1. The molecule has 7 heavy (non-hydrogen) atoms. The Morgan fingerprint density at radius 1 is 1.14 bits per heavy atom. The van der Waals surface area contributed by atoms with E-state index in [0.29, 0.717) is 0 Å². The molecule has 7 N–H and O–H groups in total. The van der Waals surface area contributed by atoms with E-state index in [0.717, 1.165) is 0 Å². The quantitative estimate of drug-likeness (QED) is 0.354. The first-order chi connectivity index (χ1) is 1.41. The first-order valence-electron chi connectivity index (χ1n) is 0.383. The van der Waals surface area contributed by atoms with Gasteiger partial charge in [-0.25, -0.2) is 0 Å². The smallest absolute Gasteiger partial charge is 0.693 e. The van der Waals surface area contributed by atoms with Gasteiger partial charge in [0, 0.05) is 0 Å². The summed E-state index contributed by atoms with van der Waals surface area (Å²) in [5.41, 5.74) is 0. The van der Waals surface area contributed by atoms with Crippen molar-refractivity contribution in [3.63, 3.8) is 0 Å². The zero-order valence-electron chi connectivity index (χ0n) is 3.44. The van der Waals surface area contributed by atoms with Crippen molar-refractivity contribution < 1.29 is 26.3 Å². The average Bonchev–Trinajstić information content (AvgIpc) is 0.918. The fraction of sp³-hybridized carbons (Fsp3) is 0. The molecular weight excluding hydrogens is 184 g/mol. The first-order valence-corrected chi connectivity index (χ1v) is 0.383. The average molecular weight is 191 g/mol. The Balaban J connectivity index is -0.00000000333. The standard InChI is InChI=1S/Mo.HNO2.3H2N/c;2-1-3;;;/h;(H,2,3);3*1H2/q+3;;3*-1. The Hall–Kier alpha value is -0.0317. The third-order valence-corrected chi connectivity index (χ3v) is 0. The fourth-order valence-corrected chi connectivity index (χ4v) is 0. The molecule has 0 aromatic carbocycles. The molecule has 0 aliphatic rings. The number of nitrogens with two attached hydrogens (primary N) is 3. The van der Waals surface area contributed by atoms with Gasteiger partial charge in [-0.05, 0) is 0 Å². The van der Waals surface area contributed by atoms with Crippen LogP contribution in [0.15, 0.2) is 5.34 Å². The molecule has 0 aromatic rings. The summed E-state index contributed by atoms with van der Waals surface area (Å²) in [5, 5.41) is 7.89. The van der Waals surface area contributed by atoms with Crippen LogP contribution in [0.25, 0.3) is 18.5 Å². The molecule has 0 saturated heterocycles. The van der Waals surface area contributed by atoms with Crippen LogP contribution in [0.2, 0.25) is 0 Å². The van der Waals surface area contributed by atoms with Crippen LogP contribution >= 0.6 is 0 Å². The molecule has 1 radical (unpaired) electrons. The molecule has 6 nitrogen and oxygen atoms in total. The molecule has 0 rings (SSSR count). The van der Waals surface area contributed by atoms with E-state index < -0.39 is 0 Å². The zero-order chi connectivity index (χ0) is 2.71. The summed E-state index contributed by atoms with van der Waals surface area (Å²) in [6.45, 7) is 0. The normalized spacial score (nSPS) is 1.71. The Morgan fingerprint density at radius 2 is 1.14 bits per heavy atom. The van der Waals surface area contributed by atoms with Crippen LogP contribution in [0.1, 0.15) is 0 Å². The molecule has 7 heteroatoms. The monoisotopic (exact) mass is 193 g/mol. The van der Waals surface area contributed by atoms with Gasteiger partial charge in [-0.1, -0.05) is 0 Å². The SMILES string of the molecule is O=NO.[Mo+3].[NH2-].[NH2-].[NH2-].